The number of amides is 1. The first-order valence-electron chi connectivity index (χ1n) is 8.32. The van der Waals surface area contributed by atoms with Gasteiger partial charge in [-0.15, -0.1) is 0 Å². The van der Waals surface area contributed by atoms with Gasteiger partial charge in [-0.1, -0.05) is 19.4 Å². The molecule has 0 bridgehead atoms. The predicted molar refractivity (Wildman–Crippen MR) is 99.9 cm³/mol. The van der Waals surface area contributed by atoms with Crippen LogP contribution in [0.1, 0.15) is 25.3 Å². The molecule has 1 aromatic heterocycles. The molecule has 0 aliphatic heterocycles. The summed E-state index contributed by atoms with van der Waals surface area (Å²) < 4.78 is 11.0. The van der Waals surface area contributed by atoms with Crippen molar-refractivity contribution in [3.05, 3.63) is 53.9 Å². The van der Waals surface area contributed by atoms with Gasteiger partial charge in [0.25, 0.3) is 5.91 Å². The fourth-order valence-corrected chi connectivity index (χ4v) is 2.17. The van der Waals surface area contributed by atoms with Crippen LogP contribution in [-0.2, 0) is 4.79 Å². The fourth-order valence-electron chi connectivity index (χ4n) is 2.17. The van der Waals surface area contributed by atoms with E-state index in [1.165, 1.54) is 12.3 Å². The van der Waals surface area contributed by atoms with Gasteiger partial charge >= 0.3 is 0 Å². The van der Waals surface area contributed by atoms with Crippen molar-refractivity contribution in [2.75, 3.05) is 19.0 Å². The maximum atomic E-state index is 12.3. The van der Waals surface area contributed by atoms with E-state index in [0.29, 0.717) is 29.4 Å². The second-order valence-corrected chi connectivity index (χ2v) is 5.48. The first-order valence-corrected chi connectivity index (χ1v) is 8.32. The topological polar surface area (TPSA) is 84.2 Å². The lowest BCUT2D eigenvalue weighted by atomic mass is 10.1. The number of carbonyl (C=O) groups is 1. The summed E-state index contributed by atoms with van der Waals surface area (Å²) in [5, 5.41) is 11.9. The Morgan fingerprint density at radius 2 is 2.19 bits per heavy atom. The van der Waals surface area contributed by atoms with E-state index in [2.05, 4.69) is 17.2 Å². The summed E-state index contributed by atoms with van der Waals surface area (Å²) in [6, 6.07) is 10.6. The molecule has 1 N–H and O–H groups in total. The number of aromatic nitrogens is 1. The fraction of sp³-hybridized carbons (Fsp3) is 0.250. The van der Waals surface area contributed by atoms with Gasteiger partial charge in [-0.2, -0.15) is 5.26 Å². The maximum Gasteiger partial charge on any atom is 0.266 e. The highest BCUT2D eigenvalue weighted by molar-refractivity contribution is 6.09. The van der Waals surface area contributed by atoms with Crippen molar-refractivity contribution >= 4 is 17.7 Å². The molecule has 6 nitrogen and oxygen atoms in total. The zero-order valence-corrected chi connectivity index (χ0v) is 14.9. The number of unbranched alkanes of at least 4 members (excludes halogenated alkanes) is 1. The van der Waals surface area contributed by atoms with Crippen LogP contribution in [0.5, 0.6) is 11.5 Å². The number of pyridine rings is 1. The zero-order valence-electron chi connectivity index (χ0n) is 14.9. The summed E-state index contributed by atoms with van der Waals surface area (Å²) in [7, 11) is 1.55. The van der Waals surface area contributed by atoms with Crippen LogP contribution >= 0.6 is 0 Å². The minimum absolute atomic E-state index is 0.0180. The van der Waals surface area contributed by atoms with Gasteiger partial charge in [-0.25, -0.2) is 0 Å². The lowest BCUT2D eigenvalue weighted by molar-refractivity contribution is -0.112. The Hall–Kier alpha value is -3.33. The average molecular weight is 351 g/mol. The molecule has 134 valence electrons. The molecule has 6 heteroatoms. The van der Waals surface area contributed by atoms with Crippen LogP contribution in [0.4, 0.5) is 5.69 Å². The number of benzene rings is 1. The number of nitrogens with one attached hydrogen (secondary N) is 1. The molecule has 0 aliphatic rings. The number of hydrogen-bond donors (Lipinski definition) is 1. The van der Waals surface area contributed by atoms with E-state index in [-0.39, 0.29) is 5.57 Å². The predicted octanol–water partition coefficient (Wildman–Crippen LogP) is 3.81. The lowest BCUT2D eigenvalue weighted by Gasteiger charge is -2.11. The third kappa shape index (κ3) is 5.35. The minimum atomic E-state index is -0.497. The average Bonchev–Trinajstić information content (AvgIpc) is 2.67. The standard InChI is InChI=1S/C20H21N3O3/c1-3-4-10-26-18-8-7-15(12-19(18)25-2)11-16(13-21)20(24)23-17-6-5-9-22-14-17/h5-9,11-12,14H,3-4,10H2,1-2H3,(H,23,24). The van der Waals surface area contributed by atoms with E-state index in [1.54, 1.807) is 43.6 Å². The van der Waals surface area contributed by atoms with E-state index in [9.17, 15) is 10.1 Å². The molecule has 0 unspecified atom stereocenters. The molecule has 0 atom stereocenters. The largest absolute Gasteiger partial charge is 0.493 e. The first kappa shape index (κ1) is 19.0. The molecule has 0 fully saturated rings. The van der Waals surface area contributed by atoms with Crippen molar-refractivity contribution in [1.29, 1.82) is 5.26 Å². The molecule has 1 aromatic carbocycles. The molecule has 0 radical (unpaired) electrons. The van der Waals surface area contributed by atoms with Crippen LogP contribution in [0.25, 0.3) is 6.08 Å². The Bertz CT molecular complexity index is 811. The molecule has 0 saturated carbocycles. The summed E-state index contributed by atoms with van der Waals surface area (Å²) >= 11 is 0. The highest BCUT2D eigenvalue weighted by atomic mass is 16.5. The number of anilines is 1. The number of nitrogens with zero attached hydrogens (tertiary/aromatic N) is 2. The van der Waals surface area contributed by atoms with Crippen molar-refractivity contribution in [1.82, 2.24) is 4.98 Å². The van der Waals surface area contributed by atoms with E-state index in [1.807, 2.05) is 6.07 Å². The van der Waals surface area contributed by atoms with E-state index in [4.69, 9.17) is 9.47 Å². The van der Waals surface area contributed by atoms with Gasteiger partial charge in [0.05, 0.1) is 25.6 Å². The van der Waals surface area contributed by atoms with Crippen molar-refractivity contribution < 1.29 is 14.3 Å². The molecule has 26 heavy (non-hydrogen) atoms. The summed E-state index contributed by atoms with van der Waals surface area (Å²) in [4.78, 5) is 16.2. The molecular weight excluding hydrogens is 330 g/mol. The molecule has 0 spiro atoms. The number of ether oxygens (including phenoxy) is 2. The normalized spacial score (nSPS) is 10.7. The van der Waals surface area contributed by atoms with Crippen molar-refractivity contribution in [2.24, 2.45) is 0 Å². The number of methoxy groups -OCH3 is 1. The zero-order chi connectivity index (χ0) is 18.8. The van der Waals surface area contributed by atoms with Crippen molar-refractivity contribution in [3.63, 3.8) is 0 Å². The Balaban J connectivity index is 2.17. The van der Waals surface area contributed by atoms with Gasteiger partial charge in [0.1, 0.15) is 11.6 Å². The van der Waals surface area contributed by atoms with Crippen LogP contribution in [-0.4, -0.2) is 24.6 Å². The quantitative estimate of drug-likeness (QED) is 0.444. The van der Waals surface area contributed by atoms with Gasteiger partial charge < -0.3 is 14.8 Å². The van der Waals surface area contributed by atoms with Gasteiger partial charge in [0, 0.05) is 6.20 Å². The molecule has 1 amide bonds. The molecule has 0 saturated heterocycles. The third-order valence-electron chi connectivity index (χ3n) is 3.54. The second kappa shape index (κ2) is 9.84. The summed E-state index contributed by atoms with van der Waals surface area (Å²) in [5.41, 5.74) is 1.18. The van der Waals surface area contributed by atoms with Crippen LogP contribution in [0.3, 0.4) is 0 Å². The minimum Gasteiger partial charge on any atom is -0.493 e. The summed E-state index contributed by atoms with van der Waals surface area (Å²) in [5.74, 6) is 0.693. The molecule has 2 rings (SSSR count). The Morgan fingerprint density at radius 1 is 1.35 bits per heavy atom. The first-order chi connectivity index (χ1) is 12.7. The van der Waals surface area contributed by atoms with Gasteiger partial charge in [-0.3, -0.25) is 9.78 Å². The number of nitriles is 1. The van der Waals surface area contributed by atoms with Gasteiger partial charge in [0.15, 0.2) is 11.5 Å². The third-order valence-corrected chi connectivity index (χ3v) is 3.54. The highest BCUT2D eigenvalue weighted by Crippen LogP contribution is 2.29. The van der Waals surface area contributed by atoms with Crippen molar-refractivity contribution in [3.8, 4) is 17.6 Å². The Labute approximate surface area is 153 Å². The second-order valence-electron chi connectivity index (χ2n) is 5.48. The Morgan fingerprint density at radius 3 is 2.85 bits per heavy atom. The molecule has 1 heterocycles. The van der Waals surface area contributed by atoms with E-state index < -0.39 is 5.91 Å². The Kier molecular flexibility index (Phi) is 7.19. The number of rotatable bonds is 8. The van der Waals surface area contributed by atoms with Crippen LogP contribution in [0.2, 0.25) is 0 Å². The van der Waals surface area contributed by atoms with E-state index in [0.717, 1.165) is 12.8 Å². The van der Waals surface area contributed by atoms with Gasteiger partial charge in [-0.05, 0) is 42.3 Å². The lowest BCUT2D eigenvalue weighted by Crippen LogP contribution is -2.13. The number of carbonyl (C=O) groups excluding carboxylic acids is 1. The summed E-state index contributed by atoms with van der Waals surface area (Å²) in [6.45, 7) is 2.70. The van der Waals surface area contributed by atoms with Crippen molar-refractivity contribution in [2.45, 2.75) is 19.8 Å². The monoisotopic (exact) mass is 351 g/mol. The molecule has 0 aliphatic carbocycles. The SMILES string of the molecule is CCCCOc1ccc(C=C(C#N)C(=O)Nc2cccnc2)cc1OC. The van der Waals surface area contributed by atoms with Crippen LogP contribution < -0.4 is 14.8 Å². The smallest absolute Gasteiger partial charge is 0.266 e. The molecular formula is C20H21N3O3. The van der Waals surface area contributed by atoms with Crippen LogP contribution in [0.15, 0.2) is 48.3 Å². The highest BCUT2D eigenvalue weighted by Gasteiger charge is 2.11. The van der Waals surface area contributed by atoms with Crippen LogP contribution in [0, 0.1) is 11.3 Å². The molecule has 2 aromatic rings. The number of hydrogen-bond acceptors (Lipinski definition) is 5. The maximum absolute atomic E-state index is 12.3. The van der Waals surface area contributed by atoms with Gasteiger partial charge in [0.2, 0.25) is 0 Å². The summed E-state index contributed by atoms with van der Waals surface area (Å²) in [6.07, 6.45) is 6.62. The van der Waals surface area contributed by atoms with E-state index >= 15 is 0 Å².